The van der Waals surface area contributed by atoms with Gasteiger partial charge in [-0.05, 0) is 44.7 Å². The van der Waals surface area contributed by atoms with Crippen molar-refractivity contribution in [2.75, 3.05) is 32.7 Å². The lowest BCUT2D eigenvalue weighted by Gasteiger charge is -2.27. The van der Waals surface area contributed by atoms with Crippen LogP contribution in [0.2, 0.25) is 0 Å². The summed E-state index contributed by atoms with van der Waals surface area (Å²) in [5.41, 5.74) is 0.335. The third kappa shape index (κ3) is 2.37. The highest BCUT2D eigenvalue weighted by molar-refractivity contribution is 5.85. The Bertz CT molecular complexity index is 239. The molecule has 3 nitrogen and oxygen atoms in total. The molecule has 3 rings (SSSR count). The molecule has 3 aliphatic rings. The molecule has 2 saturated heterocycles. The second-order valence-corrected chi connectivity index (χ2v) is 5.78. The molecule has 1 spiro atoms. The Labute approximate surface area is 104 Å². The van der Waals surface area contributed by atoms with Gasteiger partial charge in [0.2, 0.25) is 0 Å². The van der Waals surface area contributed by atoms with Crippen LogP contribution in [-0.4, -0.2) is 48.8 Å². The maximum Gasteiger partial charge on any atom is 0.0735 e. The molecule has 2 atom stereocenters. The van der Waals surface area contributed by atoms with E-state index < -0.39 is 0 Å². The molecule has 4 heteroatoms. The molecule has 0 bridgehead atoms. The molecule has 16 heavy (non-hydrogen) atoms. The van der Waals surface area contributed by atoms with Gasteiger partial charge in [0.25, 0.3) is 0 Å². The van der Waals surface area contributed by atoms with Crippen LogP contribution < -0.4 is 5.32 Å². The summed E-state index contributed by atoms with van der Waals surface area (Å²) in [6.07, 6.45) is 5.18. The highest BCUT2D eigenvalue weighted by Gasteiger charge is 2.54. The first kappa shape index (κ1) is 12.6. The van der Waals surface area contributed by atoms with Gasteiger partial charge in [0.1, 0.15) is 0 Å². The second-order valence-electron chi connectivity index (χ2n) is 5.78. The van der Waals surface area contributed by atoms with Crippen molar-refractivity contribution in [3.63, 3.8) is 0 Å². The zero-order valence-corrected chi connectivity index (χ0v) is 10.6. The normalized spacial score (nSPS) is 37.3. The second kappa shape index (κ2) is 4.81. The van der Waals surface area contributed by atoms with Crippen molar-refractivity contribution in [2.24, 2.45) is 11.3 Å². The van der Waals surface area contributed by atoms with Crippen LogP contribution in [-0.2, 0) is 0 Å². The monoisotopic (exact) mass is 246 g/mol. The minimum absolute atomic E-state index is 0. The highest BCUT2D eigenvalue weighted by Crippen LogP contribution is 2.52. The predicted molar refractivity (Wildman–Crippen MR) is 67.0 cm³/mol. The molecular formula is C12H23ClN2O. The van der Waals surface area contributed by atoms with Gasteiger partial charge >= 0.3 is 0 Å². The molecule has 2 heterocycles. The summed E-state index contributed by atoms with van der Waals surface area (Å²) in [5.74, 6) is 0.819. The van der Waals surface area contributed by atoms with Crippen LogP contribution in [0.15, 0.2) is 0 Å². The molecule has 1 saturated carbocycles. The van der Waals surface area contributed by atoms with Crippen molar-refractivity contribution in [1.29, 1.82) is 0 Å². The maximum absolute atomic E-state index is 9.96. The number of likely N-dealkylation sites (tertiary alicyclic amines) is 1. The Morgan fingerprint density at radius 1 is 1.38 bits per heavy atom. The van der Waals surface area contributed by atoms with E-state index in [1.165, 1.54) is 45.3 Å². The van der Waals surface area contributed by atoms with E-state index in [1.807, 2.05) is 0 Å². The number of nitrogens with zero attached hydrogens (tertiary/aromatic N) is 1. The van der Waals surface area contributed by atoms with Crippen molar-refractivity contribution in [2.45, 2.75) is 31.8 Å². The summed E-state index contributed by atoms with van der Waals surface area (Å²) in [7, 11) is 0. The Morgan fingerprint density at radius 3 is 2.75 bits per heavy atom. The molecule has 1 aliphatic carbocycles. The summed E-state index contributed by atoms with van der Waals surface area (Å²) in [6, 6.07) is 0. The molecule has 2 aliphatic heterocycles. The molecule has 0 aromatic heterocycles. The first-order valence-corrected chi connectivity index (χ1v) is 6.40. The number of piperidine rings is 1. The molecule has 0 radical (unpaired) electrons. The van der Waals surface area contributed by atoms with Gasteiger partial charge in [-0.1, -0.05) is 0 Å². The standard InChI is InChI=1S/C12H22N2O.ClH/c15-11-8-14(9-12(11)3-4-12)7-10-2-1-5-13-6-10;/h10-11,13,15H,1-9H2;1H. The van der Waals surface area contributed by atoms with E-state index in [0.29, 0.717) is 5.41 Å². The van der Waals surface area contributed by atoms with Gasteiger partial charge in [0.15, 0.2) is 0 Å². The molecule has 0 amide bonds. The largest absolute Gasteiger partial charge is 0.391 e. The zero-order valence-electron chi connectivity index (χ0n) is 9.82. The van der Waals surface area contributed by atoms with E-state index in [1.54, 1.807) is 0 Å². The number of hydrogen-bond donors (Lipinski definition) is 2. The molecular weight excluding hydrogens is 224 g/mol. The predicted octanol–water partition coefficient (Wildman–Crippen LogP) is 0.864. The number of halogens is 1. The fourth-order valence-electron chi connectivity index (χ4n) is 3.29. The van der Waals surface area contributed by atoms with E-state index in [2.05, 4.69) is 10.2 Å². The molecule has 0 aromatic carbocycles. The van der Waals surface area contributed by atoms with E-state index in [-0.39, 0.29) is 18.5 Å². The molecule has 3 fully saturated rings. The first-order chi connectivity index (χ1) is 7.28. The van der Waals surface area contributed by atoms with E-state index in [9.17, 15) is 5.11 Å². The van der Waals surface area contributed by atoms with E-state index >= 15 is 0 Å². The topological polar surface area (TPSA) is 35.5 Å². The maximum atomic E-state index is 9.96. The average Bonchev–Trinajstić information content (AvgIpc) is 2.93. The minimum atomic E-state index is -0.0333. The van der Waals surface area contributed by atoms with Gasteiger partial charge in [-0.15, -0.1) is 12.4 Å². The minimum Gasteiger partial charge on any atom is -0.391 e. The summed E-state index contributed by atoms with van der Waals surface area (Å²) >= 11 is 0. The van der Waals surface area contributed by atoms with Crippen LogP contribution in [0.5, 0.6) is 0 Å². The number of rotatable bonds is 2. The lowest BCUT2D eigenvalue weighted by atomic mass is 9.99. The van der Waals surface area contributed by atoms with Crippen molar-refractivity contribution in [3.05, 3.63) is 0 Å². The molecule has 2 N–H and O–H groups in total. The molecule has 2 unspecified atom stereocenters. The van der Waals surface area contributed by atoms with Crippen LogP contribution in [0.3, 0.4) is 0 Å². The van der Waals surface area contributed by atoms with Crippen LogP contribution in [0.25, 0.3) is 0 Å². The zero-order chi connectivity index (χ0) is 10.3. The first-order valence-electron chi connectivity index (χ1n) is 6.40. The third-order valence-electron chi connectivity index (χ3n) is 4.48. The van der Waals surface area contributed by atoms with Gasteiger partial charge in [-0.3, -0.25) is 4.90 Å². The Kier molecular flexibility index (Phi) is 3.79. The number of hydrogen-bond acceptors (Lipinski definition) is 3. The summed E-state index contributed by atoms with van der Waals surface area (Å²) in [4.78, 5) is 2.50. The highest BCUT2D eigenvalue weighted by atomic mass is 35.5. The summed E-state index contributed by atoms with van der Waals surface area (Å²) < 4.78 is 0. The Morgan fingerprint density at radius 2 is 2.19 bits per heavy atom. The van der Waals surface area contributed by atoms with Crippen LogP contribution in [0.1, 0.15) is 25.7 Å². The Hall–Kier alpha value is 0.170. The SMILES string of the molecule is Cl.OC1CN(CC2CCCNC2)CC12CC2. The van der Waals surface area contributed by atoms with Gasteiger partial charge in [0, 0.05) is 25.0 Å². The van der Waals surface area contributed by atoms with Crippen LogP contribution >= 0.6 is 12.4 Å². The smallest absolute Gasteiger partial charge is 0.0735 e. The number of β-amino-alcohol motifs (C(OH)–C–C–N with tert-alkyl or cyclic N) is 1. The summed E-state index contributed by atoms with van der Waals surface area (Å²) in [5, 5.41) is 13.4. The van der Waals surface area contributed by atoms with Gasteiger partial charge in [-0.2, -0.15) is 0 Å². The van der Waals surface area contributed by atoms with Crippen molar-refractivity contribution in [3.8, 4) is 0 Å². The lowest BCUT2D eigenvalue weighted by molar-refractivity contribution is 0.129. The van der Waals surface area contributed by atoms with E-state index in [4.69, 9.17) is 0 Å². The number of aliphatic hydroxyl groups is 1. The number of aliphatic hydroxyl groups excluding tert-OH is 1. The van der Waals surface area contributed by atoms with Gasteiger partial charge < -0.3 is 10.4 Å². The van der Waals surface area contributed by atoms with Crippen LogP contribution in [0, 0.1) is 11.3 Å². The fourth-order valence-corrected chi connectivity index (χ4v) is 3.29. The average molecular weight is 247 g/mol. The van der Waals surface area contributed by atoms with Crippen molar-refractivity contribution < 1.29 is 5.11 Å². The van der Waals surface area contributed by atoms with Crippen molar-refractivity contribution >= 4 is 12.4 Å². The van der Waals surface area contributed by atoms with Gasteiger partial charge in [0.05, 0.1) is 6.10 Å². The fraction of sp³-hybridized carbons (Fsp3) is 1.00. The van der Waals surface area contributed by atoms with Crippen LogP contribution in [0.4, 0.5) is 0 Å². The molecule has 94 valence electrons. The summed E-state index contributed by atoms with van der Waals surface area (Å²) in [6.45, 7) is 5.66. The quantitative estimate of drug-likeness (QED) is 0.759. The molecule has 0 aromatic rings. The number of nitrogens with one attached hydrogen (secondary N) is 1. The van der Waals surface area contributed by atoms with Gasteiger partial charge in [-0.25, -0.2) is 0 Å². The Balaban J connectivity index is 0.000000963. The van der Waals surface area contributed by atoms with Crippen molar-refractivity contribution in [1.82, 2.24) is 10.2 Å². The lowest BCUT2D eigenvalue weighted by Crippen LogP contribution is -2.37. The van der Waals surface area contributed by atoms with E-state index in [0.717, 1.165) is 19.0 Å². The third-order valence-corrected chi connectivity index (χ3v) is 4.48.